The normalized spacial score (nSPS) is 11.0. The minimum atomic E-state index is -1.30. The molecule has 0 spiro atoms. The number of carbonyl (C=O) groups is 2. The third-order valence-electron chi connectivity index (χ3n) is 4.38. The molecule has 0 saturated heterocycles. The van der Waals surface area contributed by atoms with Crippen molar-refractivity contribution in [3.05, 3.63) is 53.6 Å². The van der Waals surface area contributed by atoms with Crippen LogP contribution in [-0.2, 0) is 31.1 Å². The SMILES string of the molecule is CCOc1ccc(C(C)(C)C)cc1N(OC(=O)C(=O)ON)c1ccccc1CC. The molecule has 0 fully saturated rings. The van der Waals surface area contributed by atoms with Crippen LogP contribution in [0.5, 0.6) is 5.75 Å². The van der Waals surface area contributed by atoms with Crippen LogP contribution in [0, 0.1) is 0 Å². The molecule has 0 aliphatic heterocycles. The summed E-state index contributed by atoms with van der Waals surface area (Å²) >= 11 is 0. The summed E-state index contributed by atoms with van der Waals surface area (Å²) in [6, 6.07) is 13.1. The van der Waals surface area contributed by atoms with E-state index >= 15 is 0 Å². The highest BCUT2D eigenvalue weighted by molar-refractivity contribution is 6.29. The van der Waals surface area contributed by atoms with Gasteiger partial charge in [0, 0.05) is 0 Å². The molecular formula is C22H28N2O5. The fourth-order valence-corrected chi connectivity index (χ4v) is 2.82. The van der Waals surface area contributed by atoms with E-state index in [1.165, 1.54) is 5.06 Å². The number of benzene rings is 2. The smallest absolute Gasteiger partial charge is 0.443 e. The van der Waals surface area contributed by atoms with Gasteiger partial charge >= 0.3 is 11.9 Å². The lowest BCUT2D eigenvalue weighted by molar-refractivity contribution is -0.168. The molecular weight excluding hydrogens is 372 g/mol. The van der Waals surface area contributed by atoms with Crippen molar-refractivity contribution in [1.29, 1.82) is 0 Å². The Balaban J connectivity index is 2.69. The van der Waals surface area contributed by atoms with Crippen molar-refractivity contribution in [1.82, 2.24) is 0 Å². The van der Waals surface area contributed by atoms with Crippen molar-refractivity contribution in [3.63, 3.8) is 0 Å². The van der Waals surface area contributed by atoms with Gasteiger partial charge in [-0.25, -0.2) is 9.59 Å². The van der Waals surface area contributed by atoms with Gasteiger partial charge in [-0.15, -0.1) is 0 Å². The van der Waals surface area contributed by atoms with Gasteiger partial charge in [0.15, 0.2) is 0 Å². The van der Waals surface area contributed by atoms with E-state index in [1.807, 2.05) is 50.2 Å². The first-order chi connectivity index (χ1) is 13.7. The Hall–Kier alpha value is -3.06. The largest absolute Gasteiger partial charge is 0.492 e. The van der Waals surface area contributed by atoms with Gasteiger partial charge in [-0.1, -0.05) is 52.0 Å². The number of nitrogens with two attached hydrogens (primary N) is 1. The molecule has 7 nitrogen and oxygen atoms in total. The zero-order chi connectivity index (χ0) is 21.6. The van der Waals surface area contributed by atoms with Gasteiger partial charge in [-0.05, 0) is 48.1 Å². The lowest BCUT2D eigenvalue weighted by Gasteiger charge is -2.28. The zero-order valence-corrected chi connectivity index (χ0v) is 17.5. The van der Waals surface area contributed by atoms with Crippen LogP contribution in [-0.4, -0.2) is 18.5 Å². The van der Waals surface area contributed by atoms with Crippen LogP contribution in [0.25, 0.3) is 0 Å². The lowest BCUT2D eigenvalue weighted by Crippen LogP contribution is -2.31. The number of carbonyl (C=O) groups excluding carboxylic acids is 2. The van der Waals surface area contributed by atoms with Crippen molar-refractivity contribution in [2.24, 2.45) is 5.90 Å². The number of hydrogen-bond donors (Lipinski definition) is 1. The lowest BCUT2D eigenvalue weighted by atomic mass is 9.86. The first-order valence-electron chi connectivity index (χ1n) is 9.51. The van der Waals surface area contributed by atoms with Gasteiger partial charge in [-0.3, -0.25) is 0 Å². The van der Waals surface area contributed by atoms with Gasteiger partial charge in [-0.2, -0.15) is 11.0 Å². The van der Waals surface area contributed by atoms with E-state index in [4.69, 9.17) is 15.5 Å². The molecule has 0 unspecified atom stereocenters. The van der Waals surface area contributed by atoms with E-state index in [2.05, 4.69) is 25.6 Å². The Kier molecular flexibility index (Phi) is 7.23. The second kappa shape index (κ2) is 9.43. The maximum atomic E-state index is 12.2. The minimum Gasteiger partial charge on any atom is -0.492 e. The molecule has 0 aliphatic carbocycles. The summed E-state index contributed by atoms with van der Waals surface area (Å²) in [6.45, 7) is 10.5. The summed E-state index contributed by atoms with van der Waals surface area (Å²) in [5, 5.41) is 1.30. The Morgan fingerprint density at radius 1 is 1.00 bits per heavy atom. The highest BCUT2D eigenvalue weighted by atomic mass is 16.7. The van der Waals surface area contributed by atoms with E-state index < -0.39 is 11.9 Å². The molecule has 0 aliphatic rings. The Morgan fingerprint density at radius 3 is 2.28 bits per heavy atom. The average molecular weight is 400 g/mol. The summed E-state index contributed by atoms with van der Waals surface area (Å²) < 4.78 is 5.78. The number of hydrogen-bond acceptors (Lipinski definition) is 7. The van der Waals surface area contributed by atoms with Gasteiger partial charge in [0.1, 0.15) is 11.4 Å². The Bertz CT molecular complexity index is 874. The summed E-state index contributed by atoms with van der Waals surface area (Å²) in [6.07, 6.45) is 0.689. The summed E-state index contributed by atoms with van der Waals surface area (Å²) in [5.74, 6) is 2.83. The topological polar surface area (TPSA) is 91.1 Å². The average Bonchev–Trinajstić information content (AvgIpc) is 2.71. The first-order valence-corrected chi connectivity index (χ1v) is 9.51. The molecule has 0 radical (unpaired) electrons. The van der Waals surface area contributed by atoms with Crippen molar-refractivity contribution in [3.8, 4) is 5.75 Å². The molecule has 2 aromatic rings. The van der Waals surface area contributed by atoms with Crippen molar-refractivity contribution in [2.75, 3.05) is 11.7 Å². The maximum Gasteiger partial charge on any atom is 0.443 e. The molecule has 0 atom stereocenters. The number of para-hydroxylation sites is 1. The fourth-order valence-electron chi connectivity index (χ4n) is 2.82. The van der Waals surface area contributed by atoms with E-state index in [9.17, 15) is 9.59 Å². The van der Waals surface area contributed by atoms with E-state index in [1.54, 1.807) is 6.07 Å². The highest BCUT2D eigenvalue weighted by Gasteiger charge is 2.27. The third-order valence-corrected chi connectivity index (χ3v) is 4.38. The summed E-state index contributed by atoms with van der Waals surface area (Å²) in [5.41, 5.74) is 2.88. The number of anilines is 2. The van der Waals surface area contributed by atoms with Crippen LogP contribution in [0.1, 0.15) is 45.7 Å². The number of nitrogens with zero attached hydrogens (tertiary/aromatic N) is 1. The van der Waals surface area contributed by atoms with E-state index in [0.29, 0.717) is 30.2 Å². The molecule has 29 heavy (non-hydrogen) atoms. The van der Waals surface area contributed by atoms with Crippen molar-refractivity contribution in [2.45, 2.75) is 46.5 Å². The van der Waals surface area contributed by atoms with Gasteiger partial charge in [0.25, 0.3) is 0 Å². The summed E-state index contributed by atoms with van der Waals surface area (Å²) in [4.78, 5) is 33.3. The number of ether oxygens (including phenoxy) is 1. The van der Waals surface area contributed by atoms with E-state index in [-0.39, 0.29) is 5.41 Å². The van der Waals surface area contributed by atoms with Crippen LogP contribution < -0.4 is 15.7 Å². The second-order valence-electron chi connectivity index (χ2n) is 7.43. The molecule has 2 aromatic carbocycles. The second-order valence-corrected chi connectivity index (χ2v) is 7.43. The van der Waals surface area contributed by atoms with Crippen LogP contribution >= 0.6 is 0 Å². The van der Waals surface area contributed by atoms with Gasteiger partial charge < -0.3 is 14.4 Å². The molecule has 0 heterocycles. The van der Waals surface area contributed by atoms with Gasteiger partial charge in [0.2, 0.25) is 0 Å². The molecule has 7 heteroatoms. The third kappa shape index (κ3) is 5.26. The van der Waals surface area contributed by atoms with E-state index in [0.717, 1.165) is 11.1 Å². The van der Waals surface area contributed by atoms with Crippen LogP contribution in [0.2, 0.25) is 0 Å². The maximum absolute atomic E-state index is 12.2. The van der Waals surface area contributed by atoms with Crippen molar-refractivity contribution < 1.29 is 24.0 Å². The predicted molar refractivity (Wildman–Crippen MR) is 111 cm³/mol. The fraction of sp³-hybridized carbons (Fsp3) is 0.364. The molecule has 0 amide bonds. The molecule has 2 N–H and O–H groups in total. The van der Waals surface area contributed by atoms with Crippen molar-refractivity contribution >= 4 is 23.3 Å². The predicted octanol–water partition coefficient (Wildman–Crippen LogP) is 3.96. The first kappa shape index (κ1) is 22.2. The zero-order valence-electron chi connectivity index (χ0n) is 17.5. The van der Waals surface area contributed by atoms with Gasteiger partial charge in [0.05, 0.1) is 12.3 Å². The molecule has 0 aromatic heterocycles. The monoisotopic (exact) mass is 400 g/mol. The quantitative estimate of drug-likeness (QED) is 0.580. The molecule has 156 valence electrons. The molecule has 0 saturated carbocycles. The molecule has 2 rings (SSSR count). The highest BCUT2D eigenvalue weighted by Crippen LogP contribution is 2.39. The number of rotatable bonds is 6. The van der Waals surface area contributed by atoms with Crippen LogP contribution in [0.4, 0.5) is 11.4 Å². The Labute approximate surface area is 171 Å². The molecule has 0 bridgehead atoms. The minimum absolute atomic E-state index is 0.157. The number of aryl methyl sites for hydroxylation is 1. The van der Waals surface area contributed by atoms with Crippen LogP contribution in [0.15, 0.2) is 42.5 Å². The Morgan fingerprint density at radius 2 is 1.69 bits per heavy atom. The standard InChI is InChI=1S/C22H28N2O5/c1-6-15-10-8-9-11-17(15)24(29-21(26)20(25)28-23)18-14-16(22(3,4)5)12-13-19(18)27-7-2/h8-14H,6-7,23H2,1-5H3. The summed E-state index contributed by atoms with van der Waals surface area (Å²) in [7, 11) is 0. The van der Waals surface area contributed by atoms with Crippen LogP contribution in [0.3, 0.4) is 0 Å².